The van der Waals surface area contributed by atoms with Crippen molar-refractivity contribution in [3.8, 4) is 0 Å². The highest BCUT2D eigenvalue weighted by molar-refractivity contribution is 14.0. The molecule has 0 radical (unpaired) electrons. The van der Waals surface area contributed by atoms with Crippen LogP contribution in [0.4, 0.5) is 13.2 Å². The molecular formula is C19H23F3IN5S. The van der Waals surface area contributed by atoms with Gasteiger partial charge in [-0.2, -0.15) is 13.2 Å². The number of aliphatic imine (C=N–C) groups is 1. The summed E-state index contributed by atoms with van der Waals surface area (Å²) >= 11 is 1.57. The molecule has 0 saturated heterocycles. The van der Waals surface area contributed by atoms with Gasteiger partial charge in [-0.3, -0.25) is 9.39 Å². The second kappa shape index (κ2) is 10.3. The maximum Gasteiger partial charge on any atom is 0.416 e. The minimum absolute atomic E-state index is 0. The summed E-state index contributed by atoms with van der Waals surface area (Å²) in [6.07, 6.45) is 0.282. The lowest BCUT2D eigenvalue weighted by Gasteiger charge is -2.16. The predicted molar refractivity (Wildman–Crippen MR) is 121 cm³/mol. The molecular weight excluding hydrogens is 514 g/mol. The van der Waals surface area contributed by atoms with Crippen LogP contribution in [0, 0.1) is 0 Å². The van der Waals surface area contributed by atoms with Gasteiger partial charge in [0.2, 0.25) is 0 Å². The Morgan fingerprint density at radius 2 is 2.10 bits per heavy atom. The number of thiazole rings is 1. The fourth-order valence-electron chi connectivity index (χ4n) is 2.85. The van der Waals surface area contributed by atoms with E-state index in [1.54, 1.807) is 24.5 Å². The van der Waals surface area contributed by atoms with E-state index < -0.39 is 11.7 Å². The standard InChI is InChI=1S/C19H22F3N5S.HI/c1-13(14-4-3-5-15(10-14)19(20,21)22)6-7-24-17(23-2)25-11-16-12-27-8-9-28-18(27)26-16;/h3-5,8-10,12-13H,6-7,11H2,1-2H3,(H2,23,24,25);1H. The highest BCUT2D eigenvalue weighted by Gasteiger charge is 2.30. The molecule has 2 aromatic heterocycles. The molecule has 0 aliphatic carbocycles. The van der Waals surface area contributed by atoms with Crippen molar-refractivity contribution in [2.24, 2.45) is 4.99 Å². The lowest BCUT2D eigenvalue weighted by molar-refractivity contribution is -0.137. The average Bonchev–Trinajstić information content (AvgIpc) is 3.25. The molecule has 0 spiro atoms. The summed E-state index contributed by atoms with van der Waals surface area (Å²) in [4.78, 5) is 9.61. The van der Waals surface area contributed by atoms with E-state index in [9.17, 15) is 13.2 Å². The molecule has 0 aliphatic rings. The first-order valence-corrected chi connectivity index (χ1v) is 9.77. The largest absolute Gasteiger partial charge is 0.416 e. The van der Waals surface area contributed by atoms with Crippen LogP contribution in [0.15, 0.2) is 47.0 Å². The molecule has 0 bridgehead atoms. The van der Waals surface area contributed by atoms with Crippen LogP contribution in [0.3, 0.4) is 0 Å². The van der Waals surface area contributed by atoms with Gasteiger partial charge in [-0.15, -0.1) is 35.3 Å². The Labute approximate surface area is 188 Å². The number of aromatic nitrogens is 2. The number of hydrogen-bond donors (Lipinski definition) is 2. The third kappa shape index (κ3) is 6.33. The van der Waals surface area contributed by atoms with Gasteiger partial charge in [0.15, 0.2) is 10.9 Å². The molecule has 158 valence electrons. The summed E-state index contributed by atoms with van der Waals surface area (Å²) < 4.78 is 40.6. The smallest absolute Gasteiger partial charge is 0.356 e. The van der Waals surface area contributed by atoms with Crippen molar-refractivity contribution in [1.29, 1.82) is 0 Å². The molecule has 0 amide bonds. The Kier molecular flexibility index (Phi) is 8.32. The van der Waals surface area contributed by atoms with E-state index in [-0.39, 0.29) is 29.9 Å². The van der Waals surface area contributed by atoms with E-state index in [1.807, 2.05) is 29.1 Å². The van der Waals surface area contributed by atoms with Gasteiger partial charge >= 0.3 is 6.18 Å². The Morgan fingerprint density at radius 1 is 1.31 bits per heavy atom. The number of benzene rings is 1. The van der Waals surface area contributed by atoms with Gasteiger partial charge in [-0.05, 0) is 24.0 Å². The van der Waals surface area contributed by atoms with Crippen LogP contribution >= 0.6 is 35.3 Å². The monoisotopic (exact) mass is 537 g/mol. The molecule has 2 N–H and O–H groups in total. The first-order chi connectivity index (χ1) is 13.4. The van der Waals surface area contributed by atoms with Crippen LogP contribution in [0.2, 0.25) is 0 Å². The van der Waals surface area contributed by atoms with Crippen LogP contribution in [-0.4, -0.2) is 28.9 Å². The number of rotatable bonds is 6. The Balaban J connectivity index is 0.00000300. The van der Waals surface area contributed by atoms with E-state index in [1.165, 1.54) is 12.1 Å². The Bertz CT molecular complexity index is 922. The molecule has 2 heterocycles. The van der Waals surface area contributed by atoms with Crippen molar-refractivity contribution in [2.75, 3.05) is 13.6 Å². The van der Waals surface area contributed by atoms with E-state index in [2.05, 4.69) is 20.6 Å². The normalized spacial score (nSPS) is 13.2. The fraction of sp³-hybridized carbons (Fsp3) is 0.368. The maximum atomic E-state index is 12.9. The topological polar surface area (TPSA) is 53.7 Å². The molecule has 3 rings (SSSR count). The van der Waals surface area contributed by atoms with E-state index in [4.69, 9.17) is 0 Å². The van der Waals surface area contributed by atoms with Crippen molar-refractivity contribution >= 4 is 46.2 Å². The van der Waals surface area contributed by atoms with Crippen molar-refractivity contribution < 1.29 is 13.2 Å². The number of guanidine groups is 1. The summed E-state index contributed by atoms with van der Waals surface area (Å²) in [6.45, 7) is 3.05. The highest BCUT2D eigenvalue weighted by Crippen LogP contribution is 2.31. The van der Waals surface area contributed by atoms with E-state index in [0.29, 0.717) is 31.0 Å². The predicted octanol–water partition coefficient (Wildman–Crippen LogP) is 4.89. The van der Waals surface area contributed by atoms with Gasteiger partial charge < -0.3 is 10.6 Å². The fourth-order valence-corrected chi connectivity index (χ4v) is 3.57. The summed E-state index contributed by atoms with van der Waals surface area (Å²) in [7, 11) is 1.68. The number of hydrogen-bond acceptors (Lipinski definition) is 3. The van der Waals surface area contributed by atoms with Crippen LogP contribution < -0.4 is 10.6 Å². The van der Waals surface area contributed by atoms with Crippen LogP contribution in [0.25, 0.3) is 4.96 Å². The Morgan fingerprint density at radius 3 is 2.79 bits per heavy atom. The van der Waals surface area contributed by atoms with E-state index in [0.717, 1.165) is 16.7 Å². The summed E-state index contributed by atoms with van der Waals surface area (Å²) in [5.41, 5.74) is 0.979. The number of alkyl halides is 3. The van der Waals surface area contributed by atoms with E-state index >= 15 is 0 Å². The number of nitrogens with zero attached hydrogens (tertiary/aromatic N) is 3. The summed E-state index contributed by atoms with van der Waals surface area (Å²) in [5, 5.41) is 8.37. The lowest BCUT2D eigenvalue weighted by atomic mass is 9.96. The molecule has 0 aliphatic heterocycles. The van der Waals surface area contributed by atoms with Gasteiger partial charge in [0, 0.05) is 31.4 Å². The molecule has 3 aromatic rings. The minimum Gasteiger partial charge on any atom is -0.356 e. The highest BCUT2D eigenvalue weighted by atomic mass is 127. The second-order valence-electron chi connectivity index (χ2n) is 6.49. The van der Waals surface area contributed by atoms with Gasteiger partial charge in [0.05, 0.1) is 17.8 Å². The first kappa shape index (κ1) is 23.5. The van der Waals surface area contributed by atoms with Gasteiger partial charge in [0.1, 0.15) is 0 Å². The van der Waals surface area contributed by atoms with Crippen LogP contribution in [-0.2, 0) is 12.7 Å². The molecule has 0 fully saturated rings. The minimum atomic E-state index is -4.32. The number of fused-ring (bicyclic) bond motifs is 1. The molecule has 0 saturated carbocycles. The zero-order chi connectivity index (χ0) is 20.1. The third-order valence-corrected chi connectivity index (χ3v) is 5.23. The molecule has 29 heavy (non-hydrogen) atoms. The van der Waals surface area contributed by atoms with Crippen molar-refractivity contribution in [1.82, 2.24) is 20.0 Å². The van der Waals surface area contributed by atoms with Crippen molar-refractivity contribution in [3.63, 3.8) is 0 Å². The van der Waals surface area contributed by atoms with Crippen LogP contribution in [0.5, 0.6) is 0 Å². The molecule has 1 aromatic carbocycles. The van der Waals surface area contributed by atoms with Crippen molar-refractivity contribution in [2.45, 2.75) is 32.0 Å². The molecule has 1 unspecified atom stereocenters. The SMILES string of the molecule is CN=C(NCCC(C)c1cccc(C(F)(F)F)c1)NCc1cn2ccsc2n1.I. The molecule has 10 heteroatoms. The summed E-state index contributed by atoms with van der Waals surface area (Å²) in [5.74, 6) is 0.625. The Hall–Kier alpha value is -1.82. The lowest BCUT2D eigenvalue weighted by Crippen LogP contribution is -2.37. The van der Waals surface area contributed by atoms with Gasteiger partial charge in [0.25, 0.3) is 0 Å². The quantitative estimate of drug-likeness (QED) is 0.268. The zero-order valence-corrected chi connectivity index (χ0v) is 19.2. The zero-order valence-electron chi connectivity index (χ0n) is 16.0. The van der Waals surface area contributed by atoms with Crippen molar-refractivity contribution in [3.05, 3.63) is 58.9 Å². The third-order valence-electron chi connectivity index (χ3n) is 4.46. The average molecular weight is 537 g/mol. The molecule has 1 atom stereocenters. The van der Waals surface area contributed by atoms with Crippen LogP contribution in [0.1, 0.15) is 36.1 Å². The second-order valence-corrected chi connectivity index (χ2v) is 7.36. The number of halogens is 4. The number of imidazole rings is 1. The number of nitrogens with one attached hydrogen (secondary N) is 2. The maximum absolute atomic E-state index is 12.9. The van der Waals surface area contributed by atoms with Gasteiger partial charge in [-0.1, -0.05) is 25.1 Å². The molecule has 5 nitrogen and oxygen atoms in total. The van der Waals surface area contributed by atoms with Gasteiger partial charge in [-0.25, -0.2) is 4.98 Å². The summed E-state index contributed by atoms with van der Waals surface area (Å²) in [6, 6.07) is 5.51. The first-order valence-electron chi connectivity index (χ1n) is 8.89.